The molecular weight excluding hydrogens is 366 g/mol. The number of hydrogen-bond acceptors (Lipinski definition) is 4. The Morgan fingerprint density at radius 3 is 2.72 bits per heavy atom. The summed E-state index contributed by atoms with van der Waals surface area (Å²) in [6.07, 6.45) is 0.457. The number of carbonyl (C=O) groups is 1. The van der Waals surface area contributed by atoms with Gasteiger partial charge in [-0.05, 0) is 55.0 Å². The fourth-order valence-electron chi connectivity index (χ4n) is 3.98. The first-order valence-electron chi connectivity index (χ1n) is 10.2. The lowest BCUT2D eigenvalue weighted by molar-refractivity contribution is -0.917. The van der Waals surface area contributed by atoms with Crippen LogP contribution in [0.1, 0.15) is 23.6 Å². The number of piperazine rings is 1. The van der Waals surface area contributed by atoms with Crippen molar-refractivity contribution in [3.63, 3.8) is 0 Å². The van der Waals surface area contributed by atoms with E-state index in [9.17, 15) is 4.79 Å². The molecule has 6 heteroatoms. The molecule has 2 aromatic carbocycles. The zero-order chi connectivity index (χ0) is 20.2. The van der Waals surface area contributed by atoms with Gasteiger partial charge in [-0.25, -0.2) is 0 Å². The van der Waals surface area contributed by atoms with E-state index in [2.05, 4.69) is 24.3 Å². The number of nitrogens with zero attached hydrogens (tertiary/aromatic N) is 2. The van der Waals surface area contributed by atoms with Crippen molar-refractivity contribution in [1.82, 2.24) is 4.90 Å². The van der Waals surface area contributed by atoms with Gasteiger partial charge in [0.2, 0.25) is 0 Å². The molecule has 1 atom stereocenters. The average Bonchev–Trinajstić information content (AvgIpc) is 3.22. The van der Waals surface area contributed by atoms with Crippen molar-refractivity contribution < 1.29 is 19.2 Å². The zero-order valence-electron chi connectivity index (χ0n) is 16.7. The minimum atomic E-state index is -0.541. The third-order valence-electron chi connectivity index (χ3n) is 5.63. The molecule has 1 fully saturated rings. The molecule has 1 amide bonds. The Morgan fingerprint density at radius 1 is 1.24 bits per heavy atom. The van der Waals surface area contributed by atoms with Crippen LogP contribution < -0.4 is 14.4 Å². The molecule has 2 aliphatic rings. The SMILES string of the molecule is C[C@@H](Oc1ccc(C#N)cc1)C(=O)N1CC[NH+](Cc2ccc3c(c2)CCO3)CC1. The Labute approximate surface area is 171 Å². The van der Waals surface area contributed by atoms with Crippen LogP contribution in [0.2, 0.25) is 0 Å². The molecule has 29 heavy (non-hydrogen) atoms. The summed E-state index contributed by atoms with van der Waals surface area (Å²) in [4.78, 5) is 16.1. The molecule has 0 bridgehead atoms. The molecule has 0 radical (unpaired) electrons. The van der Waals surface area contributed by atoms with Gasteiger partial charge in [0.05, 0.1) is 44.4 Å². The summed E-state index contributed by atoms with van der Waals surface area (Å²) in [7, 11) is 0. The largest absolute Gasteiger partial charge is 0.493 e. The van der Waals surface area contributed by atoms with Crippen LogP contribution in [0.25, 0.3) is 0 Å². The second kappa shape index (κ2) is 8.54. The van der Waals surface area contributed by atoms with Crippen LogP contribution >= 0.6 is 0 Å². The van der Waals surface area contributed by atoms with Gasteiger partial charge in [0.25, 0.3) is 5.91 Å². The summed E-state index contributed by atoms with van der Waals surface area (Å²) in [5.74, 6) is 1.65. The maximum absolute atomic E-state index is 12.7. The van der Waals surface area contributed by atoms with Crippen LogP contribution in [-0.2, 0) is 17.8 Å². The lowest BCUT2D eigenvalue weighted by Crippen LogP contribution is -3.13. The second-order valence-corrected chi connectivity index (χ2v) is 7.69. The summed E-state index contributed by atoms with van der Waals surface area (Å²) >= 11 is 0. The Balaban J connectivity index is 1.27. The van der Waals surface area contributed by atoms with Gasteiger partial charge in [-0.3, -0.25) is 4.79 Å². The maximum Gasteiger partial charge on any atom is 0.263 e. The van der Waals surface area contributed by atoms with Gasteiger partial charge >= 0.3 is 0 Å². The standard InChI is InChI=1S/C23H25N3O3/c1-17(29-21-5-2-18(15-24)3-6-21)23(27)26-11-9-25(10-12-26)16-19-4-7-22-20(14-19)8-13-28-22/h2-7,14,17H,8-13,16H2,1H3/p+1/t17-/m1/s1. The van der Waals surface area contributed by atoms with Crippen LogP contribution in [0.15, 0.2) is 42.5 Å². The van der Waals surface area contributed by atoms with Crippen LogP contribution in [0.5, 0.6) is 11.5 Å². The molecule has 4 rings (SSSR count). The number of ether oxygens (including phenoxy) is 2. The first kappa shape index (κ1) is 19.3. The number of fused-ring (bicyclic) bond motifs is 1. The monoisotopic (exact) mass is 392 g/mol. The molecule has 6 nitrogen and oxygen atoms in total. The number of nitriles is 1. The first-order chi connectivity index (χ1) is 14.1. The van der Waals surface area contributed by atoms with Gasteiger partial charge in [-0.2, -0.15) is 5.26 Å². The molecule has 0 unspecified atom stereocenters. The molecular formula is C23H26N3O3+. The summed E-state index contributed by atoms with van der Waals surface area (Å²) in [6, 6.07) is 15.4. The van der Waals surface area contributed by atoms with E-state index in [1.807, 2.05) is 4.90 Å². The van der Waals surface area contributed by atoms with E-state index in [1.165, 1.54) is 16.0 Å². The van der Waals surface area contributed by atoms with E-state index in [0.717, 1.165) is 51.5 Å². The van der Waals surface area contributed by atoms with Crippen molar-refractivity contribution in [1.29, 1.82) is 5.26 Å². The number of nitrogens with one attached hydrogen (secondary N) is 1. The fraction of sp³-hybridized carbons (Fsp3) is 0.391. The average molecular weight is 392 g/mol. The second-order valence-electron chi connectivity index (χ2n) is 7.69. The third-order valence-corrected chi connectivity index (χ3v) is 5.63. The van der Waals surface area contributed by atoms with E-state index >= 15 is 0 Å². The molecule has 2 heterocycles. The minimum Gasteiger partial charge on any atom is -0.493 e. The predicted octanol–water partition coefficient (Wildman–Crippen LogP) is 1.19. The van der Waals surface area contributed by atoms with Crippen molar-refractivity contribution in [2.45, 2.75) is 26.0 Å². The molecule has 150 valence electrons. The minimum absolute atomic E-state index is 0.0167. The molecule has 0 aromatic heterocycles. The smallest absolute Gasteiger partial charge is 0.263 e. The van der Waals surface area contributed by atoms with Gasteiger partial charge in [0.15, 0.2) is 6.10 Å². The maximum atomic E-state index is 12.7. The number of quaternary nitrogens is 1. The highest BCUT2D eigenvalue weighted by molar-refractivity contribution is 5.81. The van der Waals surface area contributed by atoms with Gasteiger partial charge < -0.3 is 19.3 Å². The number of hydrogen-bond donors (Lipinski definition) is 1. The number of benzene rings is 2. The van der Waals surface area contributed by atoms with Gasteiger partial charge in [0, 0.05) is 12.0 Å². The van der Waals surface area contributed by atoms with Crippen molar-refractivity contribution in [2.75, 3.05) is 32.8 Å². The molecule has 1 saturated heterocycles. The third kappa shape index (κ3) is 4.52. The summed E-state index contributed by atoms with van der Waals surface area (Å²) < 4.78 is 11.4. The fourth-order valence-corrected chi connectivity index (χ4v) is 3.98. The number of carbonyl (C=O) groups excluding carboxylic acids is 1. The van der Waals surface area contributed by atoms with Crippen LogP contribution in [0.4, 0.5) is 0 Å². The van der Waals surface area contributed by atoms with E-state index in [4.69, 9.17) is 14.7 Å². The van der Waals surface area contributed by atoms with Gasteiger partial charge in [-0.1, -0.05) is 0 Å². The molecule has 2 aromatic rings. The summed E-state index contributed by atoms with van der Waals surface area (Å²) in [5.41, 5.74) is 3.22. The Kier molecular flexibility index (Phi) is 5.68. The number of rotatable bonds is 5. The van der Waals surface area contributed by atoms with E-state index < -0.39 is 6.10 Å². The van der Waals surface area contributed by atoms with Crippen molar-refractivity contribution in [2.24, 2.45) is 0 Å². The van der Waals surface area contributed by atoms with Crippen LogP contribution in [0, 0.1) is 11.3 Å². The molecule has 2 aliphatic heterocycles. The summed E-state index contributed by atoms with van der Waals surface area (Å²) in [5, 5.41) is 8.87. The van der Waals surface area contributed by atoms with Gasteiger partial charge in [0.1, 0.15) is 18.0 Å². The van der Waals surface area contributed by atoms with Crippen molar-refractivity contribution in [3.8, 4) is 17.6 Å². The quantitative estimate of drug-likeness (QED) is 0.830. The van der Waals surface area contributed by atoms with Gasteiger partial charge in [-0.15, -0.1) is 0 Å². The first-order valence-corrected chi connectivity index (χ1v) is 10.2. The summed E-state index contributed by atoms with van der Waals surface area (Å²) in [6.45, 7) is 6.90. The van der Waals surface area contributed by atoms with Crippen molar-refractivity contribution >= 4 is 5.91 Å². The Hall–Kier alpha value is -3.04. The highest BCUT2D eigenvalue weighted by Crippen LogP contribution is 2.25. The highest BCUT2D eigenvalue weighted by atomic mass is 16.5. The number of amides is 1. The van der Waals surface area contributed by atoms with E-state index in [-0.39, 0.29) is 5.91 Å². The van der Waals surface area contributed by atoms with Crippen molar-refractivity contribution in [3.05, 3.63) is 59.2 Å². The molecule has 0 saturated carbocycles. The molecule has 0 aliphatic carbocycles. The lowest BCUT2D eigenvalue weighted by Gasteiger charge is -2.33. The van der Waals surface area contributed by atoms with E-state index in [0.29, 0.717) is 11.3 Å². The molecule has 0 spiro atoms. The van der Waals surface area contributed by atoms with Crippen LogP contribution in [-0.4, -0.2) is 49.7 Å². The lowest BCUT2D eigenvalue weighted by atomic mass is 10.1. The zero-order valence-corrected chi connectivity index (χ0v) is 16.7. The van der Waals surface area contributed by atoms with Crippen LogP contribution in [0.3, 0.4) is 0 Å². The Bertz CT molecular complexity index is 912. The Morgan fingerprint density at radius 2 is 2.00 bits per heavy atom. The molecule has 1 N–H and O–H groups in total. The highest BCUT2D eigenvalue weighted by Gasteiger charge is 2.28. The van der Waals surface area contributed by atoms with E-state index in [1.54, 1.807) is 31.2 Å². The topological polar surface area (TPSA) is 67.0 Å². The normalized spacial score (nSPS) is 17.2. The predicted molar refractivity (Wildman–Crippen MR) is 108 cm³/mol.